The maximum atomic E-state index is 11.1. The van der Waals surface area contributed by atoms with Crippen molar-refractivity contribution in [1.82, 2.24) is 10.1 Å². The lowest BCUT2D eigenvalue weighted by Gasteiger charge is -2.15. The van der Waals surface area contributed by atoms with Gasteiger partial charge in [0.1, 0.15) is 0 Å². The van der Waals surface area contributed by atoms with Gasteiger partial charge in [-0.2, -0.15) is 0 Å². The fraction of sp³-hybridized carbons (Fsp3) is 0.867. The predicted molar refractivity (Wildman–Crippen MR) is 78.4 cm³/mol. The van der Waals surface area contributed by atoms with Crippen LogP contribution >= 0.6 is 0 Å². The van der Waals surface area contributed by atoms with Gasteiger partial charge in [0.05, 0.1) is 0 Å². The molecule has 5 nitrogen and oxygen atoms in total. The molecule has 0 aliphatic heterocycles. The first-order chi connectivity index (χ1) is 9.48. The van der Waals surface area contributed by atoms with Crippen molar-refractivity contribution in [3.05, 3.63) is 16.4 Å². The molecule has 1 fully saturated rings. The van der Waals surface area contributed by atoms with Crippen LogP contribution in [0.1, 0.15) is 58.7 Å². The summed E-state index contributed by atoms with van der Waals surface area (Å²) in [5.74, 6) is 2.17. The molecule has 1 aliphatic rings. The van der Waals surface area contributed by atoms with E-state index in [0.29, 0.717) is 24.2 Å². The predicted octanol–water partition coefficient (Wildman–Crippen LogP) is 2.43. The standard InChI is InChI=1S/C15H27N3O2/c1-10(2)5-4-6-11(3)7-12-8-15(12,9-16)13-17-14(19)20-18-13/h10-12H,4-9,16H2,1-3H3,(H,17,18,19). The van der Waals surface area contributed by atoms with E-state index in [9.17, 15) is 4.79 Å². The van der Waals surface area contributed by atoms with Crippen molar-refractivity contribution < 1.29 is 4.52 Å². The van der Waals surface area contributed by atoms with Crippen LogP contribution in [0.25, 0.3) is 0 Å². The van der Waals surface area contributed by atoms with E-state index in [1.807, 2.05) is 0 Å². The third-order valence-corrected chi connectivity index (χ3v) is 4.67. The van der Waals surface area contributed by atoms with Gasteiger partial charge in [-0.05, 0) is 30.6 Å². The molecule has 0 spiro atoms. The SMILES string of the molecule is CC(C)CCCC(C)CC1CC1(CN)c1noc(=O)[nH]1. The Bertz CT molecular complexity index is 479. The first kappa shape index (κ1) is 15.3. The van der Waals surface area contributed by atoms with Gasteiger partial charge in [0.25, 0.3) is 0 Å². The summed E-state index contributed by atoms with van der Waals surface area (Å²) in [6, 6.07) is 0. The van der Waals surface area contributed by atoms with E-state index in [0.717, 1.165) is 18.8 Å². The summed E-state index contributed by atoms with van der Waals surface area (Å²) in [5, 5.41) is 3.84. The molecule has 0 saturated heterocycles. The average molecular weight is 281 g/mol. The fourth-order valence-electron chi connectivity index (χ4n) is 3.25. The van der Waals surface area contributed by atoms with E-state index in [1.165, 1.54) is 19.3 Å². The van der Waals surface area contributed by atoms with Crippen LogP contribution in [0.5, 0.6) is 0 Å². The fourth-order valence-corrected chi connectivity index (χ4v) is 3.25. The minimum atomic E-state index is -0.483. The number of nitrogens with two attached hydrogens (primary N) is 1. The Kier molecular flexibility index (Phi) is 4.68. The summed E-state index contributed by atoms with van der Waals surface area (Å²) >= 11 is 0. The van der Waals surface area contributed by atoms with Gasteiger partial charge >= 0.3 is 5.76 Å². The molecular weight excluding hydrogens is 254 g/mol. The van der Waals surface area contributed by atoms with Crippen LogP contribution in [-0.4, -0.2) is 16.7 Å². The highest BCUT2D eigenvalue weighted by Crippen LogP contribution is 2.55. The molecule has 0 amide bonds. The number of nitrogens with one attached hydrogen (secondary N) is 1. The van der Waals surface area contributed by atoms with E-state index in [-0.39, 0.29) is 5.41 Å². The molecule has 2 rings (SSSR count). The summed E-state index contributed by atoms with van der Waals surface area (Å²) in [5.41, 5.74) is 5.77. The van der Waals surface area contributed by atoms with E-state index >= 15 is 0 Å². The van der Waals surface area contributed by atoms with Crippen molar-refractivity contribution in [3.63, 3.8) is 0 Å². The topological polar surface area (TPSA) is 84.9 Å². The Hall–Kier alpha value is -1.10. The third kappa shape index (κ3) is 3.32. The number of aromatic nitrogens is 2. The molecule has 3 atom stereocenters. The Morgan fingerprint density at radius 3 is 2.75 bits per heavy atom. The van der Waals surface area contributed by atoms with E-state index < -0.39 is 5.76 Å². The van der Waals surface area contributed by atoms with Crippen molar-refractivity contribution in [2.75, 3.05) is 6.54 Å². The van der Waals surface area contributed by atoms with E-state index in [2.05, 4.69) is 35.4 Å². The second-order valence-corrected chi connectivity index (χ2v) is 6.87. The quantitative estimate of drug-likeness (QED) is 0.766. The molecular formula is C15H27N3O2. The molecule has 3 unspecified atom stereocenters. The smallest absolute Gasteiger partial charge is 0.329 e. The highest BCUT2D eigenvalue weighted by molar-refractivity contribution is 5.22. The number of nitrogens with zero attached hydrogens (tertiary/aromatic N) is 1. The van der Waals surface area contributed by atoms with Crippen molar-refractivity contribution in [2.24, 2.45) is 23.5 Å². The summed E-state index contributed by atoms with van der Waals surface area (Å²) in [7, 11) is 0. The first-order valence-corrected chi connectivity index (χ1v) is 7.74. The maximum Gasteiger partial charge on any atom is 0.438 e. The summed E-state index contributed by atoms with van der Waals surface area (Å²) < 4.78 is 4.62. The molecule has 3 N–H and O–H groups in total. The number of H-pyrrole nitrogens is 1. The van der Waals surface area contributed by atoms with Crippen molar-refractivity contribution in [1.29, 1.82) is 0 Å². The Morgan fingerprint density at radius 1 is 1.45 bits per heavy atom. The summed E-state index contributed by atoms with van der Waals surface area (Å²) in [4.78, 5) is 13.8. The lowest BCUT2D eigenvalue weighted by Crippen LogP contribution is -2.25. The van der Waals surface area contributed by atoms with Gasteiger partial charge in [0.15, 0.2) is 5.82 Å². The second-order valence-electron chi connectivity index (χ2n) is 6.87. The van der Waals surface area contributed by atoms with Crippen LogP contribution in [0.2, 0.25) is 0 Å². The zero-order valence-corrected chi connectivity index (χ0v) is 12.8. The molecule has 1 heterocycles. The Balaban J connectivity index is 1.84. The second kappa shape index (κ2) is 6.12. The van der Waals surface area contributed by atoms with Gasteiger partial charge in [-0.3, -0.25) is 9.51 Å². The van der Waals surface area contributed by atoms with Crippen LogP contribution in [0.15, 0.2) is 9.32 Å². The molecule has 20 heavy (non-hydrogen) atoms. The third-order valence-electron chi connectivity index (χ3n) is 4.67. The maximum absolute atomic E-state index is 11.1. The molecule has 0 bridgehead atoms. The number of hydrogen-bond acceptors (Lipinski definition) is 4. The molecule has 5 heteroatoms. The van der Waals surface area contributed by atoms with Gasteiger partial charge in [-0.15, -0.1) is 0 Å². The van der Waals surface area contributed by atoms with Crippen LogP contribution in [0.3, 0.4) is 0 Å². The molecule has 1 aromatic heterocycles. The summed E-state index contributed by atoms with van der Waals surface area (Å²) in [6.07, 6.45) is 6.03. The van der Waals surface area contributed by atoms with Crippen LogP contribution in [0.4, 0.5) is 0 Å². The highest BCUT2D eigenvalue weighted by Gasteiger charge is 2.56. The van der Waals surface area contributed by atoms with Gasteiger partial charge in [-0.1, -0.05) is 45.2 Å². The molecule has 1 aromatic rings. The van der Waals surface area contributed by atoms with E-state index in [1.54, 1.807) is 0 Å². The van der Waals surface area contributed by atoms with Crippen molar-refractivity contribution in [3.8, 4) is 0 Å². The lowest BCUT2D eigenvalue weighted by molar-refractivity contribution is 0.366. The largest absolute Gasteiger partial charge is 0.438 e. The zero-order valence-electron chi connectivity index (χ0n) is 12.8. The van der Waals surface area contributed by atoms with Crippen molar-refractivity contribution >= 4 is 0 Å². The number of rotatable bonds is 8. The van der Waals surface area contributed by atoms with Crippen LogP contribution in [0, 0.1) is 17.8 Å². The molecule has 1 aliphatic carbocycles. The number of aromatic amines is 1. The van der Waals surface area contributed by atoms with Crippen LogP contribution in [-0.2, 0) is 5.41 Å². The monoisotopic (exact) mass is 281 g/mol. The highest BCUT2D eigenvalue weighted by atomic mass is 16.5. The first-order valence-electron chi connectivity index (χ1n) is 7.74. The average Bonchev–Trinajstić information content (AvgIpc) is 2.90. The van der Waals surface area contributed by atoms with Gasteiger partial charge in [-0.25, -0.2) is 4.79 Å². The Labute approximate surface area is 120 Å². The Morgan fingerprint density at radius 2 is 2.20 bits per heavy atom. The van der Waals surface area contributed by atoms with E-state index in [4.69, 9.17) is 5.73 Å². The van der Waals surface area contributed by atoms with Gasteiger partial charge < -0.3 is 5.73 Å². The molecule has 1 saturated carbocycles. The minimum Gasteiger partial charge on any atom is -0.329 e. The normalized spacial score (nSPS) is 26.9. The molecule has 114 valence electrons. The molecule has 0 aromatic carbocycles. The number of hydrogen-bond donors (Lipinski definition) is 2. The van der Waals surface area contributed by atoms with Crippen molar-refractivity contribution in [2.45, 2.75) is 58.3 Å². The molecule has 0 radical (unpaired) electrons. The lowest BCUT2D eigenvalue weighted by atomic mass is 9.92. The van der Waals surface area contributed by atoms with Gasteiger partial charge in [0.2, 0.25) is 0 Å². The van der Waals surface area contributed by atoms with Gasteiger partial charge in [0, 0.05) is 12.0 Å². The summed E-state index contributed by atoms with van der Waals surface area (Å²) in [6.45, 7) is 7.38. The zero-order chi connectivity index (χ0) is 14.8. The van der Waals surface area contributed by atoms with Crippen LogP contribution < -0.4 is 11.5 Å². The minimum absolute atomic E-state index is 0.140.